The van der Waals surface area contributed by atoms with E-state index in [4.69, 9.17) is 31.6 Å². The Morgan fingerprint density at radius 3 is 1.71 bits per heavy atom. The second-order valence-electron chi connectivity index (χ2n) is 1.09. The van der Waals surface area contributed by atoms with Crippen LogP contribution in [0.1, 0.15) is 0 Å². The SMILES string of the molecule is OC[CH2][SbH]([Cl])([Cl])[Cl]. The number of hydrogen-bond donors (Lipinski definition) is 1. The standard InChI is InChI=1S/C2H5O.3ClH.Sb.H/c1-2-3;;;;;/h3H,1-2H2;3*1H;;/q;;;;+3;/p-3. The van der Waals surface area contributed by atoms with Crippen molar-refractivity contribution < 1.29 is 5.11 Å². The van der Waals surface area contributed by atoms with Gasteiger partial charge in [-0.2, -0.15) is 0 Å². The van der Waals surface area contributed by atoms with Crippen LogP contribution in [0, 0.1) is 0 Å². The van der Waals surface area contributed by atoms with Gasteiger partial charge in [0.2, 0.25) is 0 Å². The molecule has 0 aliphatic heterocycles. The summed E-state index contributed by atoms with van der Waals surface area (Å²) in [7, 11) is 16.2. The van der Waals surface area contributed by atoms with Gasteiger partial charge in [0.1, 0.15) is 0 Å². The molecule has 1 N–H and O–H groups in total. The van der Waals surface area contributed by atoms with E-state index >= 15 is 0 Å². The van der Waals surface area contributed by atoms with Gasteiger partial charge in [0.15, 0.2) is 0 Å². The zero-order chi connectivity index (χ0) is 5.91. The summed E-state index contributed by atoms with van der Waals surface area (Å²) in [5, 5.41) is 8.20. The van der Waals surface area contributed by atoms with Gasteiger partial charge in [-0.25, -0.2) is 0 Å². The summed E-state index contributed by atoms with van der Waals surface area (Å²) in [4.78, 5) is 0. The summed E-state index contributed by atoms with van der Waals surface area (Å²) in [5.41, 5.74) is 0. The topological polar surface area (TPSA) is 20.2 Å². The minimum absolute atomic E-state index is 0.00653. The van der Waals surface area contributed by atoms with Crippen LogP contribution in [0.5, 0.6) is 0 Å². The molecule has 0 aromatic carbocycles. The molecule has 0 aliphatic rings. The Bertz CT molecular complexity index is 51.4. The average Bonchev–Trinajstić information content (AvgIpc) is 1.30. The molecule has 0 fully saturated rings. The number of aliphatic hydroxyl groups is 1. The predicted molar refractivity (Wildman–Crippen MR) is 36.6 cm³/mol. The molecule has 0 amide bonds. The maximum atomic E-state index is 8.20. The molecule has 5 heteroatoms. The zero-order valence-electron chi connectivity index (χ0n) is 3.50. The van der Waals surface area contributed by atoms with Crippen molar-refractivity contribution in [2.24, 2.45) is 0 Å². The summed E-state index contributed by atoms with van der Waals surface area (Å²) in [6, 6.07) is 0. The summed E-state index contributed by atoms with van der Waals surface area (Å²) in [6.45, 7) is 0.00653. The molecule has 0 aromatic heterocycles. The van der Waals surface area contributed by atoms with Crippen LogP contribution in [0.25, 0.3) is 0 Å². The molecule has 0 aliphatic carbocycles. The van der Waals surface area contributed by atoms with Crippen molar-refractivity contribution in [1.82, 2.24) is 0 Å². The Labute approximate surface area is 57.6 Å². The van der Waals surface area contributed by atoms with Gasteiger partial charge in [-0.15, -0.1) is 0 Å². The van der Waals surface area contributed by atoms with Crippen molar-refractivity contribution in [3.63, 3.8) is 0 Å². The number of rotatable bonds is 2. The third-order valence-corrected chi connectivity index (χ3v) is 6.45. The monoisotopic (exact) mass is 272 g/mol. The van der Waals surface area contributed by atoms with Gasteiger partial charge in [0.25, 0.3) is 0 Å². The molecule has 46 valence electrons. The Morgan fingerprint density at radius 1 is 1.29 bits per heavy atom. The predicted octanol–water partition coefficient (Wildman–Crippen LogP) is 1.37. The quantitative estimate of drug-likeness (QED) is 0.754. The van der Waals surface area contributed by atoms with E-state index < -0.39 is 15.4 Å². The summed E-state index contributed by atoms with van der Waals surface area (Å²) >= 11 is -3.11. The Morgan fingerprint density at radius 2 is 1.71 bits per heavy atom. The second-order valence-corrected chi connectivity index (χ2v) is 22.9. The van der Waals surface area contributed by atoms with Crippen LogP contribution in [0.15, 0.2) is 0 Å². The Balaban J connectivity index is 3.15. The van der Waals surface area contributed by atoms with Gasteiger partial charge in [0, 0.05) is 0 Å². The van der Waals surface area contributed by atoms with Crippen LogP contribution >= 0.6 is 26.5 Å². The maximum absolute atomic E-state index is 8.20. The third kappa shape index (κ3) is 7.65. The van der Waals surface area contributed by atoms with Crippen LogP contribution in [0.4, 0.5) is 0 Å². The van der Waals surface area contributed by atoms with Crippen LogP contribution in [-0.2, 0) is 0 Å². The van der Waals surface area contributed by atoms with Crippen molar-refractivity contribution >= 4 is 41.9 Å². The van der Waals surface area contributed by atoms with Gasteiger partial charge in [-0.05, 0) is 0 Å². The molecule has 0 aromatic rings. The molecule has 7 heavy (non-hydrogen) atoms. The fourth-order valence-corrected chi connectivity index (χ4v) is 2.55. The molecule has 0 radical (unpaired) electrons. The molecule has 0 spiro atoms. The van der Waals surface area contributed by atoms with E-state index in [0.717, 1.165) is 0 Å². The second kappa shape index (κ2) is 3.63. The molecule has 0 saturated carbocycles. The van der Waals surface area contributed by atoms with Crippen molar-refractivity contribution in [3.05, 3.63) is 0 Å². The van der Waals surface area contributed by atoms with Crippen LogP contribution in [0.3, 0.4) is 0 Å². The summed E-state index contributed by atoms with van der Waals surface area (Å²) in [5.74, 6) is 0. The van der Waals surface area contributed by atoms with Gasteiger partial charge < -0.3 is 0 Å². The normalized spacial score (nSPS) is 14.3. The molecule has 1 nitrogen and oxygen atoms in total. The van der Waals surface area contributed by atoms with Crippen molar-refractivity contribution in [1.29, 1.82) is 0 Å². The van der Waals surface area contributed by atoms with Gasteiger partial charge in [-0.3, -0.25) is 0 Å². The van der Waals surface area contributed by atoms with E-state index in [1.54, 1.807) is 0 Å². The fourth-order valence-electron chi connectivity index (χ4n) is 0.127. The Kier molecular flexibility index (Phi) is 4.49. The fraction of sp³-hybridized carbons (Fsp3) is 1.00. The van der Waals surface area contributed by atoms with E-state index in [1.807, 2.05) is 0 Å². The molecule has 0 bridgehead atoms. The molecule has 0 saturated heterocycles. The minimum atomic E-state index is -3.11. The number of hydrogen-bond acceptors (Lipinski definition) is 1. The van der Waals surface area contributed by atoms with Gasteiger partial charge >= 0.3 is 57.9 Å². The van der Waals surface area contributed by atoms with E-state index in [2.05, 4.69) is 0 Å². The van der Waals surface area contributed by atoms with E-state index in [-0.39, 0.29) is 6.61 Å². The number of aliphatic hydroxyl groups excluding tert-OH is 1. The van der Waals surface area contributed by atoms with Crippen molar-refractivity contribution in [3.8, 4) is 0 Å². The van der Waals surface area contributed by atoms with Crippen LogP contribution < -0.4 is 0 Å². The average molecular weight is 274 g/mol. The van der Waals surface area contributed by atoms with E-state index in [1.165, 1.54) is 0 Å². The van der Waals surface area contributed by atoms with Crippen LogP contribution in [0.2, 0.25) is 4.37 Å². The van der Waals surface area contributed by atoms with Gasteiger partial charge in [0.05, 0.1) is 0 Å². The number of halogens is 3. The van der Waals surface area contributed by atoms with Crippen molar-refractivity contribution in [2.75, 3.05) is 6.61 Å². The molecule has 0 rings (SSSR count). The summed E-state index contributed by atoms with van der Waals surface area (Å²) in [6.07, 6.45) is 0. The van der Waals surface area contributed by atoms with Crippen LogP contribution in [-0.4, -0.2) is 27.1 Å². The first-order valence-electron chi connectivity index (χ1n) is 1.74. The first kappa shape index (κ1) is 8.65. The third-order valence-electron chi connectivity index (χ3n) is 0.395. The van der Waals surface area contributed by atoms with Crippen molar-refractivity contribution in [2.45, 2.75) is 4.37 Å². The van der Waals surface area contributed by atoms with E-state index in [0.29, 0.717) is 4.37 Å². The Hall–Kier alpha value is 1.65. The first-order valence-corrected chi connectivity index (χ1v) is 14.6. The molecular formula is C2H6Cl3OSb. The summed E-state index contributed by atoms with van der Waals surface area (Å²) < 4.78 is 0.402. The molecule has 0 atom stereocenters. The molecule has 0 heterocycles. The first-order chi connectivity index (χ1) is 3.06. The molecular weight excluding hydrogens is 268 g/mol. The van der Waals surface area contributed by atoms with E-state index in [9.17, 15) is 0 Å². The van der Waals surface area contributed by atoms with Gasteiger partial charge in [-0.1, -0.05) is 0 Å². The molecule has 0 unspecified atom stereocenters. The zero-order valence-corrected chi connectivity index (χ0v) is 8.62.